The van der Waals surface area contributed by atoms with E-state index in [4.69, 9.17) is 0 Å². The van der Waals surface area contributed by atoms with Crippen molar-refractivity contribution in [2.24, 2.45) is 5.92 Å². The molecule has 0 radical (unpaired) electrons. The summed E-state index contributed by atoms with van der Waals surface area (Å²) in [6.45, 7) is 7.08. The van der Waals surface area contributed by atoms with Crippen LogP contribution < -0.4 is 5.32 Å². The van der Waals surface area contributed by atoms with Crippen LogP contribution in [0.4, 0.5) is 5.69 Å². The van der Waals surface area contributed by atoms with Gasteiger partial charge in [0.1, 0.15) is 0 Å². The summed E-state index contributed by atoms with van der Waals surface area (Å²) in [5.74, 6) is 0.849. The van der Waals surface area contributed by atoms with Crippen LogP contribution in [0, 0.1) is 9.49 Å². The maximum absolute atomic E-state index is 12.3. The summed E-state index contributed by atoms with van der Waals surface area (Å²) in [4.78, 5) is 26.8. The number of hydrogen-bond donors (Lipinski definition) is 1. The molecule has 0 bridgehead atoms. The van der Waals surface area contributed by atoms with Gasteiger partial charge in [-0.1, -0.05) is 38.1 Å². The Morgan fingerprint density at radius 1 is 1.06 bits per heavy atom. The fourth-order valence-corrected chi connectivity index (χ4v) is 4.62. The number of anilines is 1. The Kier molecular flexibility index (Phi) is 9.08. The fourth-order valence-electron chi connectivity index (χ4n) is 4.07. The van der Waals surface area contributed by atoms with Crippen LogP contribution in [0.5, 0.6) is 0 Å². The smallest absolute Gasteiger partial charge is 0.226 e. The molecule has 31 heavy (non-hydrogen) atoms. The highest BCUT2D eigenvalue weighted by atomic mass is 127. The summed E-state index contributed by atoms with van der Waals surface area (Å²) in [5.41, 5.74) is 3.06. The standard InChI is InChI=1S/C26H33IN2O2/c1-19(2)26(31)28-24-10-6-7-21(18-24)20-12-15-29(16-13-20)14-4-3-11-25(30)22-8-5-9-23(27)17-22/h5-10,17-20H,3-4,11-16H2,1-2H3,(H,28,31). The average Bonchev–Trinajstić information content (AvgIpc) is 2.77. The summed E-state index contributed by atoms with van der Waals surface area (Å²) in [7, 11) is 0. The van der Waals surface area contributed by atoms with Crippen LogP contribution in [-0.2, 0) is 4.79 Å². The second-order valence-corrected chi connectivity index (χ2v) is 10.0. The highest BCUT2D eigenvalue weighted by Gasteiger charge is 2.21. The Morgan fingerprint density at radius 2 is 1.81 bits per heavy atom. The molecule has 2 aromatic rings. The van der Waals surface area contributed by atoms with E-state index in [9.17, 15) is 9.59 Å². The van der Waals surface area contributed by atoms with Crippen LogP contribution in [0.15, 0.2) is 48.5 Å². The molecule has 1 heterocycles. The molecule has 0 saturated carbocycles. The molecular formula is C26H33IN2O2. The number of Topliss-reactive ketones (excluding diaryl/α,β-unsaturated/α-hetero) is 1. The number of rotatable bonds is 9. The number of carbonyl (C=O) groups is 2. The van der Waals surface area contributed by atoms with E-state index in [1.807, 2.05) is 50.2 Å². The van der Waals surface area contributed by atoms with Crippen molar-refractivity contribution in [2.45, 2.75) is 51.9 Å². The summed E-state index contributed by atoms with van der Waals surface area (Å²) in [6.07, 6.45) is 4.93. The van der Waals surface area contributed by atoms with Gasteiger partial charge in [-0.2, -0.15) is 0 Å². The molecule has 2 aromatic carbocycles. The van der Waals surface area contributed by atoms with Gasteiger partial charge in [-0.15, -0.1) is 0 Å². The third kappa shape index (κ3) is 7.42. The van der Waals surface area contributed by atoms with Gasteiger partial charge < -0.3 is 10.2 Å². The van der Waals surface area contributed by atoms with Gasteiger partial charge in [0.05, 0.1) is 0 Å². The number of hydrogen-bond acceptors (Lipinski definition) is 3. The van der Waals surface area contributed by atoms with E-state index < -0.39 is 0 Å². The number of carbonyl (C=O) groups excluding carboxylic acids is 2. The number of benzene rings is 2. The third-order valence-electron chi connectivity index (χ3n) is 6.01. The lowest BCUT2D eigenvalue weighted by atomic mass is 9.89. The van der Waals surface area contributed by atoms with E-state index in [0.29, 0.717) is 12.3 Å². The largest absolute Gasteiger partial charge is 0.326 e. The van der Waals surface area contributed by atoms with E-state index in [1.165, 1.54) is 5.56 Å². The van der Waals surface area contributed by atoms with Crippen LogP contribution in [0.3, 0.4) is 0 Å². The second-order valence-electron chi connectivity index (χ2n) is 8.78. The minimum atomic E-state index is -0.0151. The fraction of sp³-hybridized carbons (Fsp3) is 0.462. The van der Waals surface area contributed by atoms with Gasteiger partial charge in [0.2, 0.25) is 5.91 Å². The number of nitrogens with zero attached hydrogens (tertiary/aromatic N) is 1. The molecule has 1 aliphatic heterocycles. The molecule has 1 amide bonds. The van der Waals surface area contributed by atoms with Crippen molar-refractivity contribution >= 4 is 40.0 Å². The Bertz CT molecular complexity index is 888. The Morgan fingerprint density at radius 3 is 2.52 bits per heavy atom. The molecule has 0 spiro atoms. The van der Waals surface area contributed by atoms with E-state index >= 15 is 0 Å². The monoisotopic (exact) mass is 532 g/mol. The maximum Gasteiger partial charge on any atom is 0.226 e. The summed E-state index contributed by atoms with van der Waals surface area (Å²) < 4.78 is 1.11. The summed E-state index contributed by atoms with van der Waals surface area (Å²) in [6, 6.07) is 16.2. The van der Waals surface area contributed by atoms with Crippen LogP contribution in [-0.4, -0.2) is 36.2 Å². The molecule has 3 rings (SSSR count). The molecular weight excluding hydrogens is 499 g/mol. The first-order chi connectivity index (χ1) is 14.9. The van der Waals surface area contributed by atoms with Crippen LogP contribution in [0.25, 0.3) is 0 Å². The van der Waals surface area contributed by atoms with Crippen LogP contribution in [0.1, 0.15) is 67.8 Å². The molecule has 5 heteroatoms. The number of amides is 1. The Balaban J connectivity index is 1.39. The molecule has 4 nitrogen and oxygen atoms in total. The van der Waals surface area contributed by atoms with E-state index in [2.05, 4.69) is 44.9 Å². The quantitative estimate of drug-likeness (QED) is 0.241. The molecule has 0 unspecified atom stereocenters. The van der Waals surface area contributed by atoms with Crippen molar-refractivity contribution < 1.29 is 9.59 Å². The number of ketones is 1. The predicted octanol–water partition coefficient (Wildman–Crippen LogP) is 6.12. The van der Waals surface area contributed by atoms with Crippen molar-refractivity contribution in [2.75, 3.05) is 25.0 Å². The van der Waals surface area contributed by atoms with E-state index in [-0.39, 0.29) is 17.6 Å². The van der Waals surface area contributed by atoms with Gasteiger partial charge >= 0.3 is 0 Å². The van der Waals surface area contributed by atoms with Crippen LogP contribution >= 0.6 is 22.6 Å². The molecule has 166 valence electrons. The van der Waals surface area contributed by atoms with Crippen molar-refractivity contribution in [3.8, 4) is 0 Å². The predicted molar refractivity (Wildman–Crippen MR) is 136 cm³/mol. The molecule has 1 aliphatic rings. The van der Waals surface area contributed by atoms with Crippen molar-refractivity contribution in [1.29, 1.82) is 0 Å². The first kappa shape index (κ1) is 23.9. The van der Waals surface area contributed by atoms with Crippen molar-refractivity contribution in [3.63, 3.8) is 0 Å². The van der Waals surface area contributed by atoms with Gasteiger partial charge in [0.15, 0.2) is 5.78 Å². The van der Waals surface area contributed by atoms with Gasteiger partial charge in [-0.25, -0.2) is 0 Å². The lowest BCUT2D eigenvalue weighted by Crippen LogP contribution is -2.33. The topological polar surface area (TPSA) is 49.4 Å². The number of piperidine rings is 1. The zero-order chi connectivity index (χ0) is 22.2. The molecule has 1 saturated heterocycles. The summed E-state index contributed by atoms with van der Waals surface area (Å²) >= 11 is 2.25. The zero-order valence-corrected chi connectivity index (χ0v) is 20.7. The van der Waals surface area contributed by atoms with E-state index in [0.717, 1.165) is 60.1 Å². The van der Waals surface area contributed by atoms with Crippen molar-refractivity contribution in [3.05, 3.63) is 63.2 Å². The highest BCUT2D eigenvalue weighted by Crippen LogP contribution is 2.29. The lowest BCUT2D eigenvalue weighted by Gasteiger charge is -2.32. The SMILES string of the molecule is CC(C)C(=O)Nc1cccc(C2CCN(CCCCC(=O)c3cccc(I)c3)CC2)c1. The van der Waals surface area contributed by atoms with Gasteiger partial charge in [-0.3, -0.25) is 9.59 Å². The maximum atomic E-state index is 12.3. The lowest BCUT2D eigenvalue weighted by molar-refractivity contribution is -0.118. The first-order valence-electron chi connectivity index (χ1n) is 11.3. The molecule has 1 N–H and O–H groups in total. The summed E-state index contributed by atoms with van der Waals surface area (Å²) in [5, 5.41) is 3.01. The zero-order valence-electron chi connectivity index (χ0n) is 18.6. The van der Waals surface area contributed by atoms with Crippen molar-refractivity contribution in [1.82, 2.24) is 4.90 Å². The van der Waals surface area contributed by atoms with E-state index in [1.54, 1.807) is 0 Å². The van der Waals surface area contributed by atoms with Gasteiger partial charge in [0.25, 0.3) is 0 Å². The number of halogens is 1. The average molecular weight is 532 g/mol. The normalized spacial score (nSPS) is 15.2. The minimum absolute atomic E-state index is 0.0151. The molecule has 0 aliphatic carbocycles. The minimum Gasteiger partial charge on any atom is -0.326 e. The number of unbranched alkanes of at least 4 members (excludes halogenated alkanes) is 1. The Hall–Kier alpha value is -1.73. The number of likely N-dealkylation sites (tertiary alicyclic amines) is 1. The first-order valence-corrected chi connectivity index (χ1v) is 12.4. The highest BCUT2D eigenvalue weighted by molar-refractivity contribution is 14.1. The molecule has 1 fully saturated rings. The number of nitrogens with one attached hydrogen (secondary N) is 1. The molecule has 0 atom stereocenters. The second kappa shape index (κ2) is 11.8. The van der Waals surface area contributed by atoms with Gasteiger partial charge in [0, 0.05) is 27.2 Å². The van der Waals surface area contributed by atoms with Gasteiger partial charge in [-0.05, 0) is 104 Å². The Labute approximate surface area is 199 Å². The third-order valence-corrected chi connectivity index (χ3v) is 6.68. The molecule has 0 aromatic heterocycles. The van der Waals surface area contributed by atoms with Crippen LogP contribution in [0.2, 0.25) is 0 Å².